The second-order valence-electron chi connectivity index (χ2n) is 3.34. The molecule has 11 heteroatoms. The summed E-state index contributed by atoms with van der Waals surface area (Å²) in [4.78, 5) is 19.9. The van der Waals surface area contributed by atoms with Crippen molar-refractivity contribution < 1.29 is 18.9 Å². The summed E-state index contributed by atoms with van der Waals surface area (Å²) in [5.41, 5.74) is 1.48. The van der Waals surface area contributed by atoms with Gasteiger partial charge in [0.05, 0.1) is 29.2 Å². The second kappa shape index (κ2) is 7.22. The van der Waals surface area contributed by atoms with Gasteiger partial charge in [0.1, 0.15) is 5.69 Å². The van der Waals surface area contributed by atoms with Crippen LogP contribution in [-0.4, -0.2) is 29.3 Å². The van der Waals surface area contributed by atoms with Gasteiger partial charge in [-0.15, -0.1) is 4.52 Å². The number of nitro groups is 2. The normalized spacial score (nSPS) is 11.3. The van der Waals surface area contributed by atoms with Gasteiger partial charge in [-0.1, -0.05) is 0 Å². The zero-order valence-electron chi connectivity index (χ0n) is 10.3. The maximum absolute atomic E-state index is 10.9. The van der Waals surface area contributed by atoms with E-state index < -0.39 is 29.2 Å². The lowest BCUT2D eigenvalue weighted by atomic mass is 10.2. The monoisotopic (exact) mass is 301 g/mol. The van der Waals surface area contributed by atoms with E-state index in [4.69, 9.17) is 0 Å². The SMILES string of the molecule is CO[P+](=O)CC=NNc1ccc([N+](=O)[O-])cc1[N+](=O)[O-]. The van der Waals surface area contributed by atoms with Crippen molar-refractivity contribution in [1.29, 1.82) is 0 Å². The number of nitrogens with one attached hydrogen (secondary N) is 1. The van der Waals surface area contributed by atoms with Gasteiger partial charge >= 0.3 is 13.7 Å². The molecule has 1 rings (SSSR count). The average molecular weight is 301 g/mol. The highest BCUT2D eigenvalue weighted by Gasteiger charge is 2.19. The lowest BCUT2D eigenvalue weighted by molar-refractivity contribution is -0.393. The number of hydrogen-bond acceptors (Lipinski definition) is 8. The molecular formula is C9H10N4O6P+. The van der Waals surface area contributed by atoms with E-state index in [2.05, 4.69) is 15.1 Å². The quantitative estimate of drug-likeness (QED) is 0.353. The van der Waals surface area contributed by atoms with Crippen molar-refractivity contribution in [3.63, 3.8) is 0 Å². The lowest BCUT2D eigenvalue weighted by Crippen LogP contribution is -1.98. The summed E-state index contributed by atoms with van der Waals surface area (Å²) in [5, 5.41) is 25.0. The molecule has 1 aromatic carbocycles. The minimum Gasteiger partial charge on any atom is -0.272 e. The fourth-order valence-corrected chi connectivity index (χ4v) is 1.54. The molecule has 0 heterocycles. The minimum absolute atomic E-state index is 0.00973. The minimum atomic E-state index is -1.86. The third kappa shape index (κ3) is 4.34. The van der Waals surface area contributed by atoms with Crippen LogP contribution in [0, 0.1) is 20.2 Å². The summed E-state index contributed by atoms with van der Waals surface area (Å²) in [5.74, 6) is 0. The van der Waals surface area contributed by atoms with E-state index in [9.17, 15) is 24.8 Å². The molecule has 0 saturated carbocycles. The van der Waals surface area contributed by atoms with Gasteiger partial charge in [0.25, 0.3) is 5.69 Å². The first kappa shape index (κ1) is 15.6. The van der Waals surface area contributed by atoms with Crippen LogP contribution >= 0.6 is 8.03 Å². The van der Waals surface area contributed by atoms with Crippen LogP contribution in [0.3, 0.4) is 0 Å². The summed E-state index contributed by atoms with van der Waals surface area (Å²) < 4.78 is 15.5. The number of non-ortho nitro benzene ring substituents is 1. The van der Waals surface area contributed by atoms with Crippen LogP contribution in [0.1, 0.15) is 0 Å². The molecule has 0 fully saturated rings. The second-order valence-corrected chi connectivity index (χ2v) is 4.73. The molecule has 1 unspecified atom stereocenters. The van der Waals surface area contributed by atoms with Gasteiger partial charge in [0.2, 0.25) is 6.16 Å². The molecule has 106 valence electrons. The van der Waals surface area contributed by atoms with E-state index in [0.717, 1.165) is 12.1 Å². The summed E-state index contributed by atoms with van der Waals surface area (Å²) >= 11 is 0. The van der Waals surface area contributed by atoms with E-state index in [-0.39, 0.29) is 11.8 Å². The first-order valence-corrected chi connectivity index (χ1v) is 6.51. The van der Waals surface area contributed by atoms with E-state index in [0.29, 0.717) is 0 Å². The number of hydrazone groups is 1. The molecule has 0 aliphatic carbocycles. The molecule has 0 aliphatic heterocycles. The Morgan fingerprint density at radius 2 is 2.10 bits per heavy atom. The van der Waals surface area contributed by atoms with Gasteiger partial charge < -0.3 is 0 Å². The molecule has 0 radical (unpaired) electrons. The maximum atomic E-state index is 10.9. The Labute approximate surface area is 113 Å². The Morgan fingerprint density at radius 3 is 2.65 bits per heavy atom. The molecule has 1 aromatic rings. The fourth-order valence-electron chi connectivity index (χ4n) is 1.18. The van der Waals surface area contributed by atoms with Crippen LogP contribution in [0.5, 0.6) is 0 Å². The van der Waals surface area contributed by atoms with Crippen LogP contribution in [0.25, 0.3) is 0 Å². The summed E-state index contributed by atoms with van der Waals surface area (Å²) in [7, 11) is -0.576. The van der Waals surface area contributed by atoms with Crippen molar-refractivity contribution in [2.75, 3.05) is 18.7 Å². The van der Waals surface area contributed by atoms with Crippen LogP contribution in [-0.2, 0) is 9.09 Å². The molecule has 1 N–H and O–H groups in total. The molecule has 1 atom stereocenters. The van der Waals surface area contributed by atoms with Gasteiger partial charge in [-0.25, -0.2) is 0 Å². The smallest absolute Gasteiger partial charge is 0.272 e. The fraction of sp³-hybridized carbons (Fsp3) is 0.222. The number of rotatable bonds is 7. The van der Waals surface area contributed by atoms with Crippen molar-refractivity contribution in [3.05, 3.63) is 38.4 Å². The van der Waals surface area contributed by atoms with Crippen molar-refractivity contribution in [2.24, 2.45) is 5.10 Å². The van der Waals surface area contributed by atoms with Crippen LogP contribution in [0.15, 0.2) is 23.3 Å². The van der Waals surface area contributed by atoms with Crippen LogP contribution in [0.2, 0.25) is 0 Å². The van der Waals surface area contributed by atoms with E-state index in [1.165, 1.54) is 19.4 Å². The zero-order valence-corrected chi connectivity index (χ0v) is 11.1. The molecular weight excluding hydrogens is 291 g/mol. The molecule has 0 bridgehead atoms. The van der Waals surface area contributed by atoms with Crippen molar-refractivity contribution >= 4 is 31.3 Å². The number of anilines is 1. The largest absolute Gasteiger partial charge is 0.513 e. The topological polar surface area (TPSA) is 137 Å². The van der Waals surface area contributed by atoms with E-state index >= 15 is 0 Å². The van der Waals surface area contributed by atoms with E-state index in [1.54, 1.807) is 0 Å². The molecule has 0 spiro atoms. The van der Waals surface area contributed by atoms with E-state index in [1.807, 2.05) is 0 Å². The Balaban J connectivity index is 2.87. The Kier molecular flexibility index (Phi) is 5.63. The maximum Gasteiger partial charge on any atom is 0.513 e. The molecule has 0 amide bonds. The Hall–Kier alpha value is -2.45. The summed E-state index contributed by atoms with van der Waals surface area (Å²) in [6.07, 6.45) is 1.27. The molecule has 10 nitrogen and oxygen atoms in total. The van der Waals surface area contributed by atoms with Gasteiger partial charge in [0, 0.05) is 6.07 Å². The highest BCUT2D eigenvalue weighted by Crippen LogP contribution is 2.28. The number of hydrogen-bond donors (Lipinski definition) is 1. The standard InChI is InChI=1S/C9H10N4O6P/c1-19-20(18)5-4-10-11-8-3-2-7(12(14)15)6-9(8)13(16)17/h2-4,6,11H,5H2,1H3/q+1. The number of nitro benzene ring substituents is 2. The first-order valence-electron chi connectivity index (χ1n) is 5.15. The Morgan fingerprint density at radius 1 is 1.40 bits per heavy atom. The van der Waals surface area contributed by atoms with Crippen LogP contribution in [0.4, 0.5) is 17.1 Å². The van der Waals surface area contributed by atoms with Crippen molar-refractivity contribution in [2.45, 2.75) is 0 Å². The molecule has 0 saturated heterocycles. The third-order valence-corrected chi connectivity index (χ3v) is 2.97. The summed E-state index contributed by atoms with van der Waals surface area (Å²) in [6, 6.07) is 3.11. The van der Waals surface area contributed by atoms with Gasteiger partial charge in [-0.2, -0.15) is 5.10 Å². The van der Waals surface area contributed by atoms with Crippen molar-refractivity contribution in [1.82, 2.24) is 0 Å². The molecule has 20 heavy (non-hydrogen) atoms. The number of benzene rings is 1. The predicted molar refractivity (Wildman–Crippen MR) is 71.3 cm³/mol. The number of nitrogens with zero attached hydrogens (tertiary/aromatic N) is 3. The highest BCUT2D eigenvalue weighted by atomic mass is 31.1. The molecule has 0 aliphatic rings. The average Bonchev–Trinajstić information content (AvgIpc) is 2.42. The predicted octanol–water partition coefficient (Wildman–Crippen LogP) is 2.29. The van der Waals surface area contributed by atoms with Crippen LogP contribution < -0.4 is 5.43 Å². The third-order valence-electron chi connectivity index (χ3n) is 2.10. The molecule has 0 aromatic heterocycles. The van der Waals surface area contributed by atoms with Gasteiger partial charge in [-0.3, -0.25) is 25.7 Å². The summed E-state index contributed by atoms with van der Waals surface area (Å²) in [6.45, 7) is 0. The zero-order chi connectivity index (χ0) is 15.1. The Bertz CT molecular complexity index is 576. The first-order chi connectivity index (χ1) is 9.45. The van der Waals surface area contributed by atoms with Gasteiger partial charge in [-0.05, 0) is 10.6 Å². The van der Waals surface area contributed by atoms with Crippen molar-refractivity contribution in [3.8, 4) is 0 Å². The lowest BCUT2D eigenvalue weighted by Gasteiger charge is -2.01. The van der Waals surface area contributed by atoms with Gasteiger partial charge in [0.15, 0.2) is 0 Å². The highest BCUT2D eigenvalue weighted by molar-refractivity contribution is 7.40.